The van der Waals surface area contributed by atoms with Gasteiger partial charge in [0.2, 0.25) is 6.79 Å². The maximum atomic E-state index is 12.8. The van der Waals surface area contributed by atoms with Crippen molar-refractivity contribution in [3.63, 3.8) is 0 Å². The van der Waals surface area contributed by atoms with Gasteiger partial charge in [-0.2, -0.15) is 0 Å². The Morgan fingerprint density at radius 1 is 1.15 bits per heavy atom. The highest BCUT2D eigenvalue weighted by Crippen LogP contribution is 2.33. The van der Waals surface area contributed by atoms with E-state index in [0.29, 0.717) is 30.2 Å². The van der Waals surface area contributed by atoms with E-state index in [9.17, 15) is 9.59 Å². The number of hydrogen-bond acceptors (Lipinski definition) is 5. The summed E-state index contributed by atoms with van der Waals surface area (Å²) in [5, 5.41) is 2.65. The lowest BCUT2D eigenvalue weighted by Gasteiger charge is -2.20. The van der Waals surface area contributed by atoms with Crippen LogP contribution in [0.5, 0.6) is 11.5 Å². The molecular weight excluding hydrogens is 336 g/mol. The van der Waals surface area contributed by atoms with Crippen molar-refractivity contribution >= 4 is 17.9 Å². The summed E-state index contributed by atoms with van der Waals surface area (Å²) in [5.41, 5.74) is 0.874. The molecule has 2 heterocycles. The third kappa shape index (κ3) is 3.72. The zero-order chi connectivity index (χ0) is 18.5. The van der Waals surface area contributed by atoms with Crippen molar-refractivity contribution in [2.45, 2.75) is 13.8 Å². The molecule has 7 heteroatoms. The van der Waals surface area contributed by atoms with Crippen LogP contribution in [0.2, 0.25) is 0 Å². The Morgan fingerprint density at radius 2 is 1.92 bits per heavy atom. The first-order chi connectivity index (χ1) is 12.6. The third-order valence-corrected chi connectivity index (χ3v) is 3.98. The number of rotatable bonds is 6. The van der Waals surface area contributed by atoms with E-state index in [1.807, 2.05) is 13.8 Å². The van der Waals surface area contributed by atoms with E-state index in [2.05, 4.69) is 5.32 Å². The first kappa shape index (κ1) is 17.6. The minimum Gasteiger partial charge on any atom is -0.459 e. The lowest BCUT2D eigenvalue weighted by atomic mass is 10.1. The molecule has 0 spiro atoms. The second-order valence-electron chi connectivity index (χ2n) is 5.58. The fourth-order valence-electron chi connectivity index (χ4n) is 2.59. The van der Waals surface area contributed by atoms with Gasteiger partial charge in [0.1, 0.15) is 5.70 Å². The van der Waals surface area contributed by atoms with E-state index in [0.717, 1.165) is 0 Å². The second-order valence-corrected chi connectivity index (χ2v) is 5.58. The lowest BCUT2D eigenvalue weighted by molar-refractivity contribution is -0.127. The number of ether oxygens (including phenoxy) is 2. The van der Waals surface area contributed by atoms with Crippen LogP contribution in [0.4, 0.5) is 0 Å². The molecule has 2 aromatic rings. The topological polar surface area (TPSA) is 81.0 Å². The smallest absolute Gasteiger partial charge is 0.291 e. The van der Waals surface area contributed by atoms with Crippen LogP contribution in [0.1, 0.15) is 30.0 Å². The number of nitrogens with one attached hydrogen (secondary N) is 1. The maximum Gasteiger partial charge on any atom is 0.291 e. The third-order valence-electron chi connectivity index (χ3n) is 3.98. The number of fused-ring (bicyclic) bond motifs is 1. The van der Waals surface area contributed by atoms with Gasteiger partial charge >= 0.3 is 0 Å². The standard InChI is InChI=1S/C19H20N2O5/c1-3-21(4-2)19(23)14(20-18(22)16-6-5-9-24-16)10-13-7-8-15-17(11-13)26-12-25-15/h5-11H,3-4,12H2,1-2H3,(H,20,22)/b14-10-. The molecule has 0 bridgehead atoms. The second kappa shape index (κ2) is 7.77. The SMILES string of the molecule is CCN(CC)C(=O)/C(=C/c1ccc2c(c1)OCO2)NC(=O)c1ccco1. The van der Waals surface area contributed by atoms with Gasteiger partial charge in [0, 0.05) is 13.1 Å². The van der Waals surface area contributed by atoms with Crippen LogP contribution in [0.15, 0.2) is 46.7 Å². The molecule has 1 aliphatic heterocycles. The molecule has 2 amide bonds. The van der Waals surface area contributed by atoms with Gasteiger partial charge in [-0.25, -0.2) is 0 Å². The van der Waals surface area contributed by atoms with E-state index in [4.69, 9.17) is 13.9 Å². The monoisotopic (exact) mass is 356 g/mol. The van der Waals surface area contributed by atoms with E-state index in [1.54, 1.807) is 35.2 Å². The zero-order valence-electron chi connectivity index (χ0n) is 14.7. The number of carbonyl (C=O) groups is 2. The van der Waals surface area contributed by atoms with Gasteiger partial charge in [0.15, 0.2) is 17.3 Å². The molecule has 1 aliphatic rings. The van der Waals surface area contributed by atoms with Gasteiger partial charge in [-0.3, -0.25) is 9.59 Å². The van der Waals surface area contributed by atoms with Gasteiger partial charge in [-0.05, 0) is 49.8 Å². The van der Waals surface area contributed by atoms with Crippen molar-refractivity contribution in [1.29, 1.82) is 0 Å². The number of nitrogens with zero attached hydrogens (tertiary/aromatic N) is 1. The molecule has 0 unspecified atom stereocenters. The molecule has 0 radical (unpaired) electrons. The van der Waals surface area contributed by atoms with Crippen molar-refractivity contribution < 1.29 is 23.5 Å². The predicted molar refractivity (Wildman–Crippen MR) is 94.6 cm³/mol. The van der Waals surface area contributed by atoms with Crippen molar-refractivity contribution in [3.8, 4) is 11.5 Å². The normalized spacial score (nSPS) is 12.8. The van der Waals surface area contributed by atoms with Gasteiger partial charge in [-0.1, -0.05) is 6.07 Å². The van der Waals surface area contributed by atoms with Crippen LogP contribution in [0.3, 0.4) is 0 Å². The van der Waals surface area contributed by atoms with Crippen LogP contribution in [-0.2, 0) is 4.79 Å². The van der Waals surface area contributed by atoms with Crippen molar-refractivity contribution in [2.75, 3.05) is 19.9 Å². The largest absolute Gasteiger partial charge is 0.459 e. The van der Waals surface area contributed by atoms with Crippen LogP contribution in [0, 0.1) is 0 Å². The summed E-state index contributed by atoms with van der Waals surface area (Å²) in [4.78, 5) is 26.8. The summed E-state index contributed by atoms with van der Waals surface area (Å²) in [6.45, 7) is 5.00. The molecule has 0 atom stereocenters. The van der Waals surface area contributed by atoms with Crippen molar-refractivity contribution in [2.24, 2.45) is 0 Å². The summed E-state index contributed by atoms with van der Waals surface area (Å²) in [6.07, 6.45) is 3.02. The number of likely N-dealkylation sites (N-methyl/N-ethyl adjacent to an activating group) is 1. The highest BCUT2D eigenvalue weighted by Gasteiger charge is 2.20. The van der Waals surface area contributed by atoms with Crippen LogP contribution in [0.25, 0.3) is 6.08 Å². The Balaban J connectivity index is 1.91. The van der Waals surface area contributed by atoms with E-state index >= 15 is 0 Å². The minimum absolute atomic E-state index is 0.133. The molecule has 1 aromatic heterocycles. The Morgan fingerprint density at radius 3 is 2.62 bits per heavy atom. The highest BCUT2D eigenvalue weighted by atomic mass is 16.7. The summed E-state index contributed by atoms with van der Waals surface area (Å²) in [6, 6.07) is 8.47. The average molecular weight is 356 g/mol. The van der Waals surface area contributed by atoms with Gasteiger partial charge < -0.3 is 24.1 Å². The molecule has 1 N–H and O–H groups in total. The van der Waals surface area contributed by atoms with E-state index in [1.165, 1.54) is 12.3 Å². The zero-order valence-corrected chi connectivity index (χ0v) is 14.7. The molecule has 0 saturated carbocycles. The van der Waals surface area contributed by atoms with Crippen molar-refractivity contribution in [3.05, 3.63) is 53.6 Å². The molecule has 26 heavy (non-hydrogen) atoms. The molecule has 0 aliphatic carbocycles. The Labute approximate surface area is 151 Å². The molecule has 1 aromatic carbocycles. The first-order valence-corrected chi connectivity index (χ1v) is 8.37. The van der Waals surface area contributed by atoms with Crippen LogP contribution in [-0.4, -0.2) is 36.6 Å². The maximum absolute atomic E-state index is 12.8. The van der Waals surface area contributed by atoms with E-state index < -0.39 is 5.91 Å². The van der Waals surface area contributed by atoms with Gasteiger partial charge in [0.05, 0.1) is 6.26 Å². The fourth-order valence-corrected chi connectivity index (χ4v) is 2.59. The molecule has 7 nitrogen and oxygen atoms in total. The highest BCUT2D eigenvalue weighted by molar-refractivity contribution is 6.04. The van der Waals surface area contributed by atoms with E-state index in [-0.39, 0.29) is 24.2 Å². The average Bonchev–Trinajstić information content (AvgIpc) is 3.33. The first-order valence-electron chi connectivity index (χ1n) is 8.37. The number of amides is 2. The molecule has 0 saturated heterocycles. The number of benzene rings is 1. The lowest BCUT2D eigenvalue weighted by Crippen LogP contribution is -2.38. The quantitative estimate of drug-likeness (QED) is 0.805. The number of hydrogen-bond donors (Lipinski definition) is 1. The minimum atomic E-state index is -0.484. The van der Waals surface area contributed by atoms with Crippen LogP contribution >= 0.6 is 0 Å². The molecular formula is C19H20N2O5. The Hall–Kier alpha value is -3.22. The molecule has 0 fully saturated rings. The molecule has 136 valence electrons. The predicted octanol–water partition coefficient (Wildman–Crippen LogP) is 2.65. The Kier molecular flexibility index (Phi) is 5.26. The van der Waals surface area contributed by atoms with Gasteiger partial charge in [-0.15, -0.1) is 0 Å². The molecule has 3 rings (SSSR count). The summed E-state index contributed by atoms with van der Waals surface area (Å²) < 4.78 is 15.8. The number of carbonyl (C=O) groups excluding carboxylic acids is 2. The van der Waals surface area contributed by atoms with Crippen LogP contribution < -0.4 is 14.8 Å². The summed E-state index contributed by atoms with van der Waals surface area (Å²) in [5.74, 6) is 0.633. The van der Waals surface area contributed by atoms with Gasteiger partial charge in [0.25, 0.3) is 11.8 Å². The van der Waals surface area contributed by atoms with Crippen molar-refractivity contribution in [1.82, 2.24) is 10.2 Å². The fraction of sp³-hybridized carbons (Fsp3) is 0.263. The summed E-state index contributed by atoms with van der Waals surface area (Å²) >= 11 is 0. The number of furan rings is 1. The Bertz CT molecular complexity index is 822. The summed E-state index contributed by atoms with van der Waals surface area (Å²) in [7, 11) is 0.